The van der Waals surface area contributed by atoms with E-state index in [1.54, 1.807) is 10.7 Å². The molecule has 31 heavy (non-hydrogen) atoms. The van der Waals surface area contributed by atoms with Crippen LogP contribution in [-0.4, -0.2) is 43.9 Å². The average Bonchev–Trinajstić information content (AvgIpc) is 3.17. The molecule has 3 aromatic heterocycles. The number of aryl methyl sites for hydroxylation is 3. The molecule has 0 radical (unpaired) electrons. The second-order valence-electron chi connectivity index (χ2n) is 7.23. The molecule has 0 saturated carbocycles. The third-order valence-corrected chi connectivity index (χ3v) is 4.76. The summed E-state index contributed by atoms with van der Waals surface area (Å²) in [5.74, 6) is -0.817. The number of alkyl halides is 3. The first-order valence-corrected chi connectivity index (χ1v) is 9.40. The molecule has 10 heteroatoms. The lowest BCUT2D eigenvalue weighted by Gasteiger charge is -2.12. The SMILES string of the molecule is Cc1cc(C)n(-c2ccc(C(=O)OCC(=O)c3cc(C)n(CC(F)(F)F)c3C)cn2)n1. The van der Waals surface area contributed by atoms with Gasteiger partial charge in [0.1, 0.15) is 6.54 Å². The molecule has 0 aromatic carbocycles. The van der Waals surface area contributed by atoms with E-state index < -0.39 is 31.1 Å². The van der Waals surface area contributed by atoms with E-state index in [1.807, 2.05) is 19.9 Å². The fraction of sp³-hybridized carbons (Fsp3) is 0.333. The molecule has 3 aromatic rings. The van der Waals surface area contributed by atoms with Gasteiger partial charge in [-0.25, -0.2) is 14.5 Å². The topological polar surface area (TPSA) is 79.0 Å². The van der Waals surface area contributed by atoms with E-state index in [0.29, 0.717) is 11.5 Å². The Kier molecular flexibility index (Phi) is 6.01. The third-order valence-electron chi connectivity index (χ3n) is 4.76. The minimum absolute atomic E-state index is 0.0903. The molecule has 0 aliphatic carbocycles. The number of hydrogen-bond donors (Lipinski definition) is 0. The van der Waals surface area contributed by atoms with Gasteiger partial charge in [0.25, 0.3) is 0 Å². The first-order valence-electron chi connectivity index (χ1n) is 9.40. The second kappa shape index (κ2) is 8.37. The molecule has 0 fully saturated rings. The van der Waals surface area contributed by atoms with Crippen LogP contribution in [0.3, 0.4) is 0 Å². The number of pyridine rings is 1. The summed E-state index contributed by atoms with van der Waals surface area (Å²) >= 11 is 0. The number of hydrogen-bond acceptors (Lipinski definition) is 5. The van der Waals surface area contributed by atoms with Gasteiger partial charge in [-0.2, -0.15) is 18.3 Å². The maximum atomic E-state index is 12.7. The molecular weight excluding hydrogens is 413 g/mol. The molecule has 0 spiro atoms. The lowest BCUT2D eigenvalue weighted by atomic mass is 10.1. The van der Waals surface area contributed by atoms with Gasteiger partial charge in [0.2, 0.25) is 5.78 Å². The first kappa shape index (κ1) is 22.3. The Bertz CT molecular complexity index is 1130. The molecule has 0 amide bonds. The van der Waals surface area contributed by atoms with Crippen LogP contribution in [0.1, 0.15) is 43.5 Å². The van der Waals surface area contributed by atoms with Gasteiger partial charge < -0.3 is 9.30 Å². The lowest BCUT2D eigenvalue weighted by Crippen LogP contribution is -2.20. The van der Waals surface area contributed by atoms with E-state index in [2.05, 4.69) is 10.1 Å². The highest BCUT2D eigenvalue weighted by Gasteiger charge is 2.30. The van der Waals surface area contributed by atoms with Gasteiger partial charge in [0.15, 0.2) is 12.4 Å². The molecular formula is C21H21F3N4O3. The summed E-state index contributed by atoms with van der Waals surface area (Å²) in [6.45, 7) is 4.86. The summed E-state index contributed by atoms with van der Waals surface area (Å²) in [7, 11) is 0. The Morgan fingerprint density at radius 3 is 2.32 bits per heavy atom. The smallest absolute Gasteiger partial charge is 0.406 e. The highest BCUT2D eigenvalue weighted by atomic mass is 19.4. The fourth-order valence-corrected chi connectivity index (χ4v) is 3.29. The van der Waals surface area contributed by atoms with Crippen LogP contribution in [-0.2, 0) is 11.3 Å². The molecule has 0 bridgehead atoms. The Balaban J connectivity index is 1.66. The zero-order chi connectivity index (χ0) is 22.9. The Morgan fingerprint density at radius 2 is 1.77 bits per heavy atom. The van der Waals surface area contributed by atoms with E-state index in [4.69, 9.17) is 4.74 Å². The molecule has 0 saturated heterocycles. The van der Waals surface area contributed by atoms with Gasteiger partial charge in [-0.3, -0.25) is 4.79 Å². The fourth-order valence-electron chi connectivity index (χ4n) is 3.29. The largest absolute Gasteiger partial charge is 0.454 e. The van der Waals surface area contributed by atoms with Crippen LogP contribution in [0.5, 0.6) is 0 Å². The highest BCUT2D eigenvalue weighted by Crippen LogP contribution is 2.23. The van der Waals surface area contributed by atoms with Crippen LogP contribution in [0, 0.1) is 27.7 Å². The standard InChI is InChI=1S/C21H21F3N4O3/c1-12-7-14(3)28(26-12)19-6-5-16(9-25-19)20(30)31-10-18(29)17-8-13(2)27(15(17)4)11-21(22,23)24/h5-9H,10-11H2,1-4H3. The average molecular weight is 434 g/mol. The van der Waals surface area contributed by atoms with Gasteiger partial charge in [-0.15, -0.1) is 0 Å². The minimum atomic E-state index is -4.41. The van der Waals surface area contributed by atoms with Crippen molar-refractivity contribution < 1.29 is 27.5 Å². The lowest BCUT2D eigenvalue weighted by molar-refractivity contribution is -0.141. The quantitative estimate of drug-likeness (QED) is 0.434. The van der Waals surface area contributed by atoms with Crippen molar-refractivity contribution in [2.45, 2.75) is 40.4 Å². The number of halogens is 3. The van der Waals surface area contributed by atoms with Crippen LogP contribution in [0.15, 0.2) is 30.5 Å². The summed E-state index contributed by atoms with van der Waals surface area (Å²) in [5.41, 5.74) is 2.42. The third kappa shape index (κ3) is 5.01. The summed E-state index contributed by atoms with van der Waals surface area (Å²) in [6.07, 6.45) is -3.10. The van der Waals surface area contributed by atoms with Crippen molar-refractivity contribution in [3.05, 3.63) is 64.4 Å². The summed E-state index contributed by atoms with van der Waals surface area (Å²) in [5, 5.41) is 4.31. The van der Waals surface area contributed by atoms with Gasteiger partial charge in [0, 0.05) is 28.8 Å². The van der Waals surface area contributed by atoms with Crippen molar-refractivity contribution in [1.29, 1.82) is 0 Å². The monoisotopic (exact) mass is 434 g/mol. The van der Waals surface area contributed by atoms with Crippen LogP contribution in [0.2, 0.25) is 0 Å². The van der Waals surface area contributed by atoms with E-state index in [9.17, 15) is 22.8 Å². The predicted molar refractivity (Wildman–Crippen MR) is 105 cm³/mol. The van der Waals surface area contributed by atoms with E-state index >= 15 is 0 Å². The van der Waals surface area contributed by atoms with Crippen LogP contribution in [0.25, 0.3) is 5.82 Å². The zero-order valence-corrected chi connectivity index (χ0v) is 17.4. The number of carbonyl (C=O) groups excluding carboxylic acids is 2. The molecule has 0 aliphatic heterocycles. The normalized spacial score (nSPS) is 11.6. The molecule has 0 N–H and O–H groups in total. The van der Waals surface area contributed by atoms with Gasteiger partial charge in [-0.05, 0) is 52.0 Å². The van der Waals surface area contributed by atoms with Crippen molar-refractivity contribution >= 4 is 11.8 Å². The number of aromatic nitrogens is 4. The Morgan fingerprint density at radius 1 is 1.06 bits per heavy atom. The van der Waals surface area contributed by atoms with Crippen LogP contribution >= 0.6 is 0 Å². The van der Waals surface area contributed by atoms with Gasteiger partial charge in [0.05, 0.1) is 11.3 Å². The summed E-state index contributed by atoms with van der Waals surface area (Å²) < 4.78 is 45.9. The molecule has 7 nitrogen and oxygen atoms in total. The zero-order valence-electron chi connectivity index (χ0n) is 17.4. The van der Waals surface area contributed by atoms with Crippen LogP contribution < -0.4 is 0 Å². The Hall–Kier alpha value is -3.43. The summed E-state index contributed by atoms with van der Waals surface area (Å²) in [4.78, 5) is 28.9. The van der Waals surface area contributed by atoms with E-state index in [1.165, 1.54) is 32.2 Å². The van der Waals surface area contributed by atoms with Crippen molar-refractivity contribution in [2.75, 3.05) is 6.61 Å². The van der Waals surface area contributed by atoms with E-state index in [-0.39, 0.29) is 16.8 Å². The summed E-state index contributed by atoms with van der Waals surface area (Å²) in [6, 6.07) is 6.35. The number of carbonyl (C=O) groups is 2. The number of rotatable bonds is 6. The van der Waals surface area contributed by atoms with Crippen molar-refractivity contribution in [2.24, 2.45) is 0 Å². The van der Waals surface area contributed by atoms with Crippen molar-refractivity contribution in [3.8, 4) is 5.82 Å². The predicted octanol–water partition coefficient (Wildman–Crippen LogP) is 3.90. The molecule has 0 atom stereocenters. The van der Waals surface area contributed by atoms with Gasteiger partial charge >= 0.3 is 12.1 Å². The van der Waals surface area contributed by atoms with Crippen LogP contribution in [0.4, 0.5) is 13.2 Å². The molecule has 3 heterocycles. The minimum Gasteiger partial charge on any atom is -0.454 e. The van der Waals surface area contributed by atoms with Crippen molar-refractivity contribution in [3.63, 3.8) is 0 Å². The number of ketones is 1. The van der Waals surface area contributed by atoms with E-state index in [0.717, 1.165) is 16.0 Å². The van der Waals surface area contributed by atoms with Gasteiger partial charge in [-0.1, -0.05) is 0 Å². The molecule has 0 unspecified atom stereocenters. The number of esters is 1. The maximum Gasteiger partial charge on any atom is 0.406 e. The number of Topliss-reactive ketones (excluding diaryl/α,β-unsaturated/α-hetero) is 1. The molecule has 3 rings (SSSR count). The molecule has 0 aliphatic rings. The molecule has 164 valence electrons. The maximum absolute atomic E-state index is 12.7. The first-order chi connectivity index (χ1) is 14.5. The second-order valence-corrected chi connectivity index (χ2v) is 7.23. The number of ether oxygens (including phenoxy) is 1. The van der Waals surface area contributed by atoms with Crippen molar-refractivity contribution in [1.82, 2.24) is 19.3 Å². The Labute approximate surface area is 176 Å². The highest BCUT2D eigenvalue weighted by molar-refractivity contribution is 6.00. The number of nitrogens with zero attached hydrogens (tertiary/aromatic N) is 4.